The molecule has 0 aliphatic heterocycles. The average molecular weight is 352 g/mol. The number of benzene rings is 1. The van der Waals surface area contributed by atoms with Crippen LogP contribution in [0.5, 0.6) is 0 Å². The zero-order chi connectivity index (χ0) is 15.8. The number of nitrogen functional groups attached to an aromatic ring is 1. The van der Waals surface area contributed by atoms with E-state index in [9.17, 15) is 16.8 Å². The first-order valence-electron chi connectivity index (χ1n) is 6.60. The van der Waals surface area contributed by atoms with Crippen LogP contribution >= 0.6 is 11.6 Å². The van der Waals surface area contributed by atoms with Crippen molar-refractivity contribution in [3.05, 3.63) is 23.2 Å². The van der Waals surface area contributed by atoms with E-state index in [0.717, 1.165) is 6.26 Å². The molecule has 1 fully saturated rings. The third kappa shape index (κ3) is 3.52. The van der Waals surface area contributed by atoms with Gasteiger partial charge in [0, 0.05) is 11.9 Å². The normalized spacial score (nSPS) is 23.9. The van der Waals surface area contributed by atoms with Gasteiger partial charge in [0.05, 0.1) is 20.4 Å². The molecular weight excluding hydrogens is 334 g/mol. The third-order valence-electron chi connectivity index (χ3n) is 3.88. The molecule has 0 aromatic heterocycles. The Balaban J connectivity index is 2.35. The van der Waals surface area contributed by atoms with E-state index in [2.05, 4.69) is 0 Å². The van der Waals surface area contributed by atoms with Crippen molar-refractivity contribution < 1.29 is 16.8 Å². The van der Waals surface area contributed by atoms with Crippen LogP contribution in [0.15, 0.2) is 23.1 Å². The Kier molecular flexibility index (Phi) is 4.56. The van der Waals surface area contributed by atoms with E-state index >= 15 is 0 Å². The van der Waals surface area contributed by atoms with E-state index in [1.807, 2.05) is 0 Å². The summed E-state index contributed by atoms with van der Waals surface area (Å²) in [6.45, 7) is 0. The molecule has 2 unspecified atom stereocenters. The molecule has 1 aliphatic carbocycles. The van der Waals surface area contributed by atoms with Gasteiger partial charge in [-0.05, 0) is 37.5 Å². The van der Waals surface area contributed by atoms with E-state index in [1.54, 1.807) is 0 Å². The zero-order valence-corrected chi connectivity index (χ0v) is 14.0. The van der Waals surface area contributed by atoms with Gasteiger partial charge in [0.15, 0.2) is 9.84 Å². The van der Waals surface area contributed by atoms with Crippen LogP contribution in [-0.4, -0.2) is 33.6 Å². The molecule has 0 bridgehead atoms. The highest BCUT2D eigenvalue weighted by atomic mass is 35.5. The average Bonchev–Trinajstić information content (AvgIpc) is 2.37. The Labute approximate surface area is 130 Å². The maximum absolute atomic E-state index is 12.7. The summed E-state index contributed by atoms with van der Waals surface area (Å²) >= 11 is 5.98. The number of anilines is 1. The first-order valence-corrected chi connectivity index (χ1v) is 10.5. The molecule has 5 nitrogen and oxygen atoms in total. The maximum atomic E-state index is 12.7. The highest BCUT2D eigenvalue weighted by Crippen LogP contribution is 2.34. The van der Waals surface area contributed by atoms with E-state index in [4.69, 9.17) is 17.3 Å². The second kappa shape index (κ2) is 5.78. The topological polar surface area (TPSA) is 94.3 Å². The van der Waals surface area contributed by atoms with Gasteiger partial charge in [-0.1, -0.05) is 18.0 Å². The molecule has 21 heavy (non-hydrogen) atoms. The monoisotopic (exact) mass is 351 g/mol. The summed E-state index contributed by atoms with van der Waals surface area (Å²) in [5.41, 5.74) is 5.96. The fourth-order valence-corrected chi connectivity index (χ4v) is 6.42. The van der Waals surface area contributed by atoms with Crippen LogP contribution < -0.4 is 5.73 Å². The third-order valence-corrected chi connectivity index (χ3v) is 8.22. The molecule has 118 valence electrons. The van der Waals surface area contributed by atoms with Gasteiger partial charge in [-0.15, -0.1) is 0 Å². The smallest absolute Gasteiger partial charge is 0.182 e. The lowest BCUT2D eigenvalue weighted by molar-refractivity contribution is 0.473. The highest BCUT2D eigenvalue weighted by Gasteiger charge is 2.37. The number of nitrogens with two attached hydrogens (primary N) is 1. The molecule has 0 spiro atoms. The fraction of sp³-hybridized carbons (Fsp3) is 0.538. The largest absolute Gasteiger partial charge is 0.399 e. The van der Waals surface area contributed by atoms with Crippen LogP contribution in [0.2, 0.25) is 5.02 Å². The summed E-state index contributed by atoms with van der Waals surface area (Å²) in [4.78, 5) is 0.0255. The Morgan fingerprint density at radius 1 is 1.14 bits per heavy atom. The summed E-state index contributed by atoms with van der Waals surface area (Å²) in [7, 11) is -6.89. The quantitative estimate of drug-likeness (QED) is 0.841. The lowest BCUT2D eigenvalue weighted by Gasteiger charge is -2.28. The number of hydrogen-bond acceptors (Lipinski definition) is 5. The minimum atomic E-state index is -3.65. The van der Waals surface area contributed by atoms with Crippen molar-refractivity contribution in [3.63, 3.8) is 0 Å². The Morgan fingerprint density at radius 2 is 1.76 bits per heavy atom. The molecule has 1 saturated carbocycles. The second-order valence-electron chi connectivity index (χ2n) is 5.48. The first-order chi connectivity index (χ1) is 9.62. The summed E-state index contributed by atoms with van der Waals surface area (Å²) in [6.07, 6.45) is 2.83. The van der Waals surface area contributed by atoms with Crippen molar-refractivity contribution in [2.24, 2.45) is 0 Å². The predicted molar refractivity (Wildman–Crippen MR) is 83.9 cm³/mol. The van der Waals surface area contributed by atoms with Crippen molar-refractivity contribution in [1.29, 1.82) is 0 Å². The molecule has 1 aromatic rings. The minimum Gasteiger partial charge on any atom is -0.399 e. The number of rotatable bonds is 3. The van der Waals surface area contributed by atoms with Gasteiger partial charge in [-0.3, -0.25) is 0 Å². The van der Waals surface area contributed by atoms with Gasteiger partial charge >= 0.3 is 0 Å². The maximum Gasteiger partial charge on any atom is 0.182 e. The van der Waals surface area contributed by atoms with Gasteiger partial charge in [0.25, 0.3) is 0 Å². The van der Waals surface area contributed by atoms with E-state index < -0.39 is 30.2 Å². The van der Waals surface area contributed by atoms with Gasteiger partial charge in [0.1, 0.15) is 9.84 Å². The summed E-state index contributed by atoms with van der Waals surface area (Å²) in [6, 6.07) is 4.26. The van der Waals surface area contributed by atoms with Crippen molar-refractivity contribution >= 4 is 37.0 Å². The van der Waals surface area contributed by atoms with Crippen LogP contribution in [0.1, 0.15) is 25.7 Å². The van der Waals surface area contributed by atoms with Gasteiger partial charge in [-0.2, -0.15) is 0 Å². The minimum absolute atomic E-state index is 0.0255. The van der Waals surface area contributed by atoms with Crippen molar-refractivity contribution in [2.45, 2.75) is 41.1 Å². The highest BCUT2D eigenvalue weighted by molar-refractivity contribution is 7.92. The predicted octanol–water partition coefficient (Wildman–Crippen LogP) is 2.05. The fourth-order valence-electron chi connectivity index (χ4n) is 2.70. The molecule has 8 heteroatoms. The second-order valence-corrected chi connectivity index (χ2v) is 10.4. The molecule has 0 heterocycles. The number of halogens is 1. The van der Waals surface area contributed by atoms with Crippen molar-refractivity contribution in [2.75, 3.05) is 12.0 Å². The lowest BCUT2D eigenvalue weighted by atomic mass is 10.00. The molecular formula is C13H18ClNO4S2. The standard InChI is InChI=1S/C13H18ClNO4S2/c1-20(16,17)10-3-2-4-11(8-10)21(18,19)13-6-5-9(15)7-12(13)14/h5-7,10-11H,2-4,8,15H2,1H3. The van der Waals surface area contributed by atoms with Gasteiger partial charge in [0.2, 0.25) is 0 Å². The van der Waals surface area contributed by atoms with Crippen molar-refractivity contribution in [3.8, 4) is 0 Å². The van der Waals surface area contributed by atoms with E-state index in [-0.39, 0.29) is 16.3 Å². The Morgan fingerprint density at radius 3 is 2.33 bits per heavy atom. The molecule has 2 N–H and O–H groups in total. The van der Waals surface area contributed by atoms with Crippen LogP contribution in [-0.2, 0) is 19.7 Å². The molecule has 1 aliphatic rings. The zero-order valence-electron chi connectivity index (χ0n) is 11.6. The summed E-state index contributed by atoms with van der Waals surface area (Å²) < 4.78 is 48.7. The lowest BCUT2D eigenvalue weighted by Crippen LogP contribution is -2.34. The van der Waals surface area contributed by atoms with E-state index in [1.165, 1.54) is 18.2 Å². The molecule has 0 radical (unpaired) electrons. The SMILES string of the molecule is CS(=O)(=O)C1CCCC(S(=O)(=O)c2ccc(N)cc2Cl)C1. The van der Waals surface area contributed by atoms with Gasteiger partial charge in [-0.25, -0.2) is 16.8 Å². The molecule has 1 aromatic carbocycles. The number of sulfone groups is 2. The summed E-state index contributed by atoms with van der Waals surface area (Å²) in [5, 5.41) is -1.23. The van der Waals surface area contributed by atoms with Crippen molar-refractivity contribution in [1.82, 2.24) is 0 Å². The number of hydrogen-bond donors (Lipinski definition) is 1. The van der Waals surface area contributed by atoms with Crippen LogP contribution in [0.25, 0.3) is 0 Å². The molecule has 2 rings (SSSR count). The van der Waals surface area contributed by atoms with Crippen LogP contribution in [0.4, 0.5) is 5.69 Å². The first kappa shape index (κ1) is 16.6. The van der Waals surface area contributed by atoms with Gasteiger partial charge < -0.3 is 5.73 Å². The Hall–Kier alpha value is -0.790. The molecule has 2 atom stereocenters. The van der Waals surface area contributed by atoms with Crippen LogP contribution in [0.3, 0.4) is 0 Å². The molecule has 0 saturated heterocycles. The van der Waals surface area contributed by atoms with Crippen LogP contribution in [0, 0.1) is 0 Å². The van der Waals surface area contributed by atoms with E-state index in [0.29, 0.717) is 24.9 Å². The molecule has 0 amide bonds. The Bertz CT molecular complexity index is 743. The summed E-state index contributed by atoms with van der Waals surface area (Å²) in [5.74, 6) is 0.